The summed E-state index contributed by atoms with van der Waals surface area (Å²) in [6.07, 6.45) is 1.58. The molecule has 0 aliphatic heterocycles. The van der Waals surface area contributed by atoms with Crippen molar-refractivity contribution in [3.63, 3.8) is 0 Å². The van der Waals surface area contributed by atoms with Crippen LogP contribution in [0, 0.1) is 0 Å². The molecule has 0 radical (unpaired) electrons. The largest absolute Gasteiger partial charge is 0.484 e. The van der Waals surface area contributed by atoms with Crippen LogP contribution in [0.3, 0.4) is 0 Å². The average Bonchev–Trinajstić information content (AvgIpc) is 3.17. The predicted octanol–water partition coefficient (Wildman–Crippen LogP) is 3.42. The molecule has 0 saturated carbocycles. The van der Waals surface area contributed by atoms with Crippen molar-refractivity contribution in [1.29, 1.82) is 0 Å². The monoisotopic (exact) mass is 300 g/mol. The van der Waals surface area contributed by atoms with E-state index in [1.54, 1.807) is 24.5 Å². The van der Waals surface area contributed by atoms with Crippen molar-refractivity contribution < 1.29 is 13.9 Å². The minimum atomic E-state index is -0.251. The Morgan fingerprint density at radius 3 is 2.86 bits per heavy atom. The molecular formula is C15H12N2O3S. The molecule has 6 heteroatoms. The highest BCUT2D eigenvalue weighted by atomic mass is 32.1. The highest BCUT2D eigenvalue weighted by Gasteiger charge is 2.10. The Kier molecular flexibility index (Phi) is 3.97. The maximum absolute atomic E-state index is 11.8. The highest BCUT2D eigenvalue weighted by molar-refractivity contribution is 7.14. The molecule has 106 valence electrons. The maximum Gasteiger partial charge on any atom is 0.264 e. The second-order valence-corrected chi connectivity index (χ2v) is 5.02. The summed E-state index contributed by atoms with van der Waals surface area (Å²) in [6.45, 7) is -0.0559. The van der Waals surface area contributed by atoms with E-state index in [-0.39, 0.29) is 12.5 Å². The number of amides is 1. The fourth-order valence-electron chi connectivity index (χ4n) is 1.69. The van der Waals surface area contributed by atoms with E-state index in [4.69, 9.17) is 9.15 Å². The van der Waals surface area contributed by atoms with Crippen LogP contribution in [0.4, 0.5) is 5.13 Å². The third-order valence-corrected chi connectivity index (χ3v) is 3.40. The number of carbonyl (C=O) groups excluding carboxylic acids is 1. The summed E-state index contributed by atoms with van der Waals surface area (Å²) in [6, 6.07) is 12.8. The van der Waals surface area contributed by atoms with Crippen LogP contribution < -0.4 is 10.1 Å². The summed E-state index contributed by atoms with van der Waals surface area (Å²) in [7, 11) is 0. The summed E-state index contributed by atoms with van der Waals surface area (Å²) in [4.78, 5) is 16.1. The SMILES string of the molecule is O=C(COc1ccccc1)Nc1nc(-c2ccco2)cs1. The van der Waals surface area contributed by atoms with Gasteiger partial charge in [0, 0.05) is 5.38 Å². The summed E-state index contributed by atoms with van der Waals surface area (Å²) >= 11 is 1.34. The highest BCUT2D eigenvalue weighted by Crippen LogP contribution is 2.24. The Balaban J connectivity index is 1.55. The van der Waals surface area contributed by atoms with Gasteiger partial charge in [0.2, 0.25) is 0 Å². The fraction of sp³-hybridized carbons (Fsp3) is 0.0667. The molecule has 0 fully saturated rings. The molecule has 1 aromatic carbocycles. The van der Waals surface area contributed by atoms with Crippen molar-refractivity contribution >= 4 is 22.4 Å². The van der Waals surface area contributed by atoms with Crippen LogP contribution >= 0.6 is 11.3 Å². The van der Waals surface area contributed by atoms with E-state index in [0.29, 0.717) is 22.3 Å². The summed E-state index contributed by atoms with van der Waals surface area (Å²) in [5.74, 6) is 1.08. The lowest BCUT2D eigenvalue weighted by Gasteiger charge is -2.05. The van der Waals surface area contributed by atoms with Crippen molar-refractivity contribution in [3.8, 4) is 17.2 Å². The Bertz CT molecular complexity index is 708. The molecule has 2 aromatic heterocycles. The predicted molar refractivity (Wildman–Crippen MR) is 80.4 cm³/mol. The summed E-state index contributed by atoms with van der Waals surface area (Å²) in [5.41, 5.74) is 0.698. The van der Waals surface area contributed by atoms with Crippen molar-refractivity contribution in [2.75, 3.05) is 11.9 Å². The van der Waals surface area contributed by atoms with Gasteiger partial charge < -0.3 is 9.15 Å². The number of rotatable bonds is 5. The number of hydrogen-bond acceptors (Lipinski definition) is 5. The third kappa shape index (κ3) is 3.49. The van der Waals surface area contributed by atoms with Crippen LogP contribution in [0.5, 0.6) is 5.75 Å². The van der Waals surface area contributed by atoms with E-state index in [1.807, 2.05) is 29.6 Å². The van der Waals surface area contributed by atoms with Gasteiger partial charge in [-0.1, -0.05) is 18.2 Å². The Morgan fingerprint density at radius 2 is 2.10 bits per heavy atom. The van der Waals surface area contributed by atoms with Crippen molar-refractivity contribution in [2.45, 2.75) is 0 Å². The van der Waals surface area contributed by atoms with Gasteiger partial charge in [-0.2, -0.15) is 0 Å². The van der Waals surface area contributed by atoms with Crippen LogP contribution in [0.2, 0.25) is 0 Å². The van der Waals surface area contributed by atoms with Crippen molar-refractivity contribution in [2.24, 2.45) is 0 Å². The topological polar surface area (TPSA) is 64.4 Å². The molecule has 0 bridgehead atoms. The van der Waals surface area contributed by atoms with Crippen LogP contribution in [0.25, 0.3) is 11.5 Å². The normalized spacial score (nSPS) is 10.3. The quantitative estimate of drug-likeness (QED) is 0.784. The first-order valence-electron chi connectivity index (χ1n) is 6.28. The average molecular weight is 300 g/mol. The number of thiazole rings is 1. The lowest BCUT2D eigenvalue weighted by Crippen LogP contribution is -2.19. The molecule has 0 spiro atoms. The molecule has 0 aliphatic carbocycles. The number of carbonyl (C=O) groups is 1. The number of anilines is 1. The van der Waals surface area contributed by atoms with Gasteiger partial charge in [-0.15, -0.1) is 11.3 Å². The van der Waals surface area contributed by atoms with Gasteiger partial charge in [0.05, 0.1) is 6.26 Å². The minimum absolute atomic E-state index is 0.0559. The molecule has 0 aliphatic rings. The number of aromatic nitrogens is 1. The Hall–Kier alpha value is -2.60. The molecule has 1 N–H and O–H groups in total. The van der Waals surface area contributed by atoms with E-state index < -0.39 is 0 Å². The van der Waals surface area contributed by atoms with Gasteiger partial charge in [-0.25, -0.2) is 4.98 Å². The van der Waals surface area contributed by atoms with E-state index in [2.05, 4.69) is 10.3 Å². The molecule has 0 atom stereocenters. The van der Waals surface area contributed by atoms with Gasteiger partial charge >= 0.3 is 0 Å². The van der Waals surface area contributed by atoms with Gasteiger partial charge in [0.25, 0.3) is 5.91 Å². The zero-order valence-electron chi connectivity index (χ0n) is 11.0. The van der Waals surface area contributed by atoms with Gasteiger partial charge in [0.1, 0.15) is 11.4 Å². The van der Waals surface area contributed by atoms with Crippen molar-refractivity contribution in [1.82, 2.24) is 4.98 Å². The van der Waals surface area contributed by atoms with E-state index in [9.17, 15) is 4.79 Å². The van der Waals surface area contributed by atoms with E-state index in [0.717, 1.165) is 0 Å². The van der Waals surface area contributed by atoms with Gasteiger partial charge in [-0.05, 0) is 24.3 Å². The lowest BCUT2D eigenvalue weighted by atomic mass is 10.3. The molecular weight excluding hydrogens is 288 g/mol. The van der Waals surface area contributed by atoms with E-state index >= 15 is 0 Å². The van der Waals surface area contributed by atoms with Gasteiger partial charge in [-0.3, -0.25) is 10.1 Å². The molecule has 3 rings (SSSR count). The zero-order valence-corrected chi connectivity index (χ0v) is 11.8. The Morgan fingerprint density at radius 1 is 1.24 bits per heavy atom. The number of para-hydroxylation sites is 1. The number of furan rings is 1. The number of benzene rings is 1. The maximum atomic E-state index is 11.8. The second kappa shape index (κ2) is 6.23. The van der Waals surface area contributed by atoms with E-state index in [1.165, 1.54) is 11.3 Å². The summed E-state index contributed by atoms with van der Waals surface area (Å²) < 4.78 is 10.6. The van der Waals surface area contributed by atoms with Crippen molar-refractivity contribution in [3.05, 3.63) is 54.1 Å². The number of hydrogen-bond donors (Lipinski definition) is 1. The van der Waals surface area contributed by atoms with Crippen LogP contribution in [-0.4, -0.2) is 17.5 Å². The molecule has 3 aromatic rings. The second-order valence-electron chi connectivity index (χ2n) is 4.17. The Labute approximate surface area is 125 Å². The molecule has 0 unspecified atom stereocenters. The molecule has 21 heavy (non-hydrogen) atoms. The number of nitrogens with zero attached hydrogens (tertiary/aromatic N) is 1. The number of nitrogens with one attached hydrogen (secondary N) is 1. The lowest BCUT2D eigenvalue weighted by molar-refractivity contribution is -0.118. The third-order valence-electron chi connectivity index (χ3n) is 2.64. The zero-order chi connectivity index (χ0) is 14.5. The first kappa shape index (κ1) is 13.4. The first-order valence-corrected chi connectivity index (χ1v) is 7.16. The molecule has 2 heterocycles. The molecule has 1 amide bonds. The smallest absolute Gasteiger partial charge is 0.264 e. The summed E-state index contributed by atoms with van der Waals surface area (Å²) in [5, 5.41) is 5.04. The van der Waals surface area contributed by atoms with Crippen LogP contribution in [0.1, 0.15) is 0 Å². The fourth-order valence-corrected chi connectivity index (χ4v) is 2.41. The first-order chi connectivity index (χ1) is 10.3. The molecule has 5 nitrogen and oxygen atoms in total. The minimum Gasteiger partial charge on any atom is -0.484 e. The molecule has 0 saturated heterocycles. The number of ether oxygens (including phenoxy) is 1. The van der Waals surface area contributed by atoms with Crippen LogP contribution in [-0.2, 0) is 4.79 Å². The van der Waals surface area contributed by atoms with Gasteiger partial charge in [0.15, 0.2) is 17.5 Å². The van der Waals surface area contributed by atoms with Crippen LogP contribution in [0.15, 0.2) is 58.5 Å². The standard InChI is InChI=1S/C15H12N2O3S/c18-14(9-20-11-5-2-1-3-6-11)17-15-16-12(10-21-15)13-7-4-8-19-13/h1-8,10H,9H2,(H,16,17,18).